The van der Waals surface area contributed by atoms with Crippen LogP contribution in [0.15, 0.2) is 109 Å². The van der Waals surface area contributed by atoms with Crippen molar-refractivity contribution < 1.29 is 36.5 Å². The summed E-state index contributed by atoms with van der Waals surface area (Å²) in [6.07, 6.45) is 1.10. The Bertz CT molecular complexity index is 2390. The highest BCUT2D eigenvalue weighted by atomic mass is 19.2. The van der Waals surface area contributed by atoms with Crippen molar-refractivity contribution in [2.45, 2.75) is 6.42 Å². The Hall–Kier alpha value is -6.46. The molecule has 1 aliphatic rings. The van der Waals surface area contributed by atoms with Gasteiger partial charge in [-0.3, -0.25) is 4.39 Å². The van der Waals surface area contributed by atoms with Gasteiger partial charge < -0.3 is 4.57 Å². The van der Waals surface area contributed by atoms with Gasteiger partial charge in [-0.25, -0.2) is 30.7 Å². The Balaban J connectivity index is 0.000000158. The molecule has 11 heteroatoms. The Morgan fingerprint density at radius 1 is 0.549 bits per heavy atom. The zero-order chi connectivity index (χ0) is 37.5. The number of halogens is 8. The molecule has 0 saturated heterocycles. The standard InChI is InChI=1S/C19H9F3N2.C13H10.C7HF4N.CH3F/c20-14-9-15(21)19(13(10-23)18(14)22)24-16-7-3-1-5-11(16)12-6-2-4-8-17(12)24;1-3-7-12-10(5-1)9-11-6-2-4-8-13(11)12;8-4-1-5(9)7(11)3(2-12)6(4)10;1-2/h1-9H;1-8H,9H2;1H;1H3/i;;;1D. The molecule has 0 bridgehead atoms. The monoisotopic (exact) mass is 698 g/mol. The molecule has 254 valence electrons. The number of aromatic nitrogens is 1. The van der Waals surface area contributed by atoms with Crippen molar-refractivity contribution in [3.05, 3.63) is 172 Å². The molecular formula is C40H23F8N3. The minimum absolute atomic E-state index is 0.0471. The second kappa shape index (κ2) is 15.4. The summed E-state index contributed by atoms with van der Waals surface area (Å²) in [4.78, 5) is 0. The van der Waals surface area contributed by atoms with E-state index in [1.165, 1.54) is 26.8 Å². The van der Waals surface area contributed by atoms with E-state index in [0.29, 0.717) is 17.1 Å². The first kappa shape index (κ1) is 34.4. The van der Waals surface area contributed by atoms with Crippen LogP contribution < -0.4 is 0 Å². The van der Waals surface area contributed by atoms with E-state index in [1.54, 1.807) is 30.3 Å². The number of nitrogens with zero attached hydrogens (tertiary/aromatic N) is 3. The van der Waals surface area contributed by atoms with Crippen molar-refractivity contribution in [1.29, 1.82) is 10.5 Å². The fourth-order valence-corrected chi connectivity index (χ4v) is 5.82. The number of alkyl halides is 1. The lowest BCUT2D eigenvalue weighted by molar-refractivity contribution is 0.450. The minimum atomic E-state index is -1.67. The third-order valence-electron chi connectivity index (χ3n) is 7.99. The average Bonchev–Trinajstić information content (AvgIpc) is 3.69. The molecule has 7 aromatic rings. The van der Waals surface area contributed by atoms with Crippen LogP contribution in [-0.2, 0) is 6.42 Å². The number of fused-ring (bicyclic) bond motifs is 6. The maximum atomic E-state index is 14.5. The van der Waals surface area contributed by atoms with Gasteiger partial charge in [0.25, 0.3) is 0 Å². The summed E-state index contributed by atoms with van der Waals surface area (Å²) >= 11 is 0. The second-order valence-corrected chi connectivity index (χ2v) is 10.8. The summed E-state index contributed by atoms with van der Waals surface area (Å²) < 4.78 is 108. The maximum absolute atomic E-state index is 14.5. The lowest BCUT2D eigenvalue weighted by atomic mass is 10.1. The van der Waals surface area contributed by atoms with Crippen LogP contribution in [0, 0.1) is 63.4 Å². The first-order valence-electron chi connectivity index (χ1n) is 15.6. The van der Waals surface area contributed by atoms with Crippen molar-refractivity contribution >= 4 is 21.8 Å². The molecular weight excluding hydrogens is 674 g/mol. The summed E-state index contributed by atoms with van der Waals surface area (Å²) in [5.41, 5.74) is 4.80. The third kappa shape index (κ3) is 6.75. The number of hydrogen-bond donors (Lipinski definition) is 0. The van der Waals surface area contributed by atoms with Crippen molar-refractivity contribution in [2.75, 3.05) is 7.15 Å². The van der Waals surface area contributed by atoms with Gasteiger partial charge in [0.2, 0.25) is 0 Å². The topological polar surface area (TPSA) is 52.5 Å². The lowest BCUT2D eigenvalue weighted by Crippen LogP contribution is -2.05. The van der Waals surface area contributed by atoms with Crippen LogP contribution >= 0.6 is 0 Å². The molecule has 6 aromatic carbocycles. The van der Waals surface area contributed by atoms with Crippen LogP contribution in [-0.4, -0.2) is 11.7 Å². The Kier molecular flexibility index (Phi) is 10.4. The Morgan fingerprint density at radius 3 is 1.37 bits per heavy atom. The zero-order valence-electron chi connectivity index (χ0n) is 27.2. The van der Waals surface area contributed by atoms with E-state index in [-0.39, 0.29) is 11.8 Å². The molecule has 1 heterocycles. The van der Waals surface area contributed by atoms with Gasteiger partial charge in [0.15, 0.2) is 40.7 Å². The van der Waals surface area contributed by atoms with Gasteiger partial charge in [-0.15, -0.1) is 0 Å². The fraction of sp³-hybridized carbons (Fsp3) is 0.0500. The molecule has 0 spiro atoms. The van der Waals surface area contributed by atoms with E-state index < -0.39 is 59.0 Å². The predicted octanol–water partition coefficient (Wildman–Crippen LogP) is 11.0. The number of nitriles is 2. The summed E-state index contributed by atoms with van der Waals surface area (Å²) in [5, 5.41) is 19.0. The van der Waals surface area contributed by atoms with E-state index in [2.05, 4.69) is 48.5 Å². The molecule has 0 fully saturated rings. The SMILES string of the molecule is N#Cc1c(F)c(F)cc(F)c1-n1c2ccccc2c2ccccc21.N#Cc1c(F)c(F)cc(F)c1F.[2H]CF.c1ccc2c(c1)Cc1ccccc1-2. The normalized spacial score (nSPS) is 11.0. The molecule has 0 atom stereocenters. The van der Waals surface area contributed by atoms with Crippen LogP contribution in [0.25, 0.3) is 38.6 Å². The van der Waals surface area contributed by atoms with E-state index in [0.717, 1.165) is 23.3 Å². The Morgan fingerprint density at radius 2 is 0.922 bits per heavy atom. The molecule has 0 N–H and O–H groups in total. The zero-order valence-corrected chi connectivity index (χ0v) is 26.2. The number of rotatable bonds is 1. The summed E-state index contributed by atoms with van der Waals surface area (Å²) in [7, 11) is -1.00. The molecule has 1 aliphatic carbocycles. The fourth-order valence-electron chi connectivity index (χ4n) is 5.82. The molecule has 0 unspecified atom stereocenters. The van der Waals surface area contributed by atoms with Gasteiger partial charge in [0, 0.05) is 22.9 Å². The molecule has 0 saturated carbocycles. The van der Waals surface area contributed by atoms with Crippen LogP contribution in [0.3, 0.4) is 0 Å². The van der Waals surface area contributed by atoms with Gasteiger partial charge >= 0.3 is 0 Å². The molecule has 0 amide bonds. The number of hydrogen-bond acceptors (Lipinski definition) is 2. The molecule has 51 heavy (non-hydrogen) atoms. The molecule has 8 rings (SSSR count). The van der Waals surface area contributed by atoms with Gasteiger partial charge in [0.1, 0.15) is 29.0 Å². The van der Waals surface area contributed by atoms with E-state index in [1.807, 2.05) is 24.3 Å². The predicted molar refractivity (Wildman–Crippen MR) is 178 cm³/mol. The average molecular weight is 699 g/mol. The quantitative estimate of drug-likeness (QED) is 0.127. The largest absolute Gasteiger partial charge is 0.305 e. The number of benzene rings is 6. The highest BCUT2D eigenvalue weighted by Crippen LogP contribution is 2.36. The second-order valence-electron chi connectivity index (χ2n) is 10.8. The number of para-hydroxylation sites is 2. The van der Waals surface area contributed by atoms with Gasteiger partial charge in [-0.05, 0) is 40.8 Å². The van der Waals surface area contributed by atoms with Crippen molar-refractivity contribution in [3.8, 4) is 29.0 Å². The van der Waals surface area contributed by atoms with E-state index in [4.69, 9.17) is 6.63 Å². The Labute approximate surface area is 287 Å². The molecule has 0 aliphatic heterocycles. The molecule has 3 nitrogen and oxygen atoms in total. The van der Waals surface area contributed by atoms with Crippen LogP contribution in [0.2, 0.25) is 0 Å². The first-order chi connectivity index (χ1) is 25.1. The minimum Gasteiger partial charge on any atom is -0.305 e. The summed E-state index contributed by atoms with van der Waals surface area (Å²) in [5.74, 6) is -10.2. The molecule has 0 radical (unpaired) electrons. The van der Waals surface area contributed by atoms with Gasteiger partial charge in [0.05, 0.1) is 19.6 Å². The van der Waals surface area contributed by atoms with E-state index in [9.17, 15) is 40.4 Å². The maximum Gasteiger partial charge on any atom is 0.179 e. The van der Waals surface area contributed by atoms with Crippen molar-refractivity contribution in [3.63, 3.8) is 0 Å². The van der Waals surface area contributed by atoms with Gasteiger partial charge in [-0.1, -0.05) is 84.9 Å². The molecule has 1 aromatic heterocycles. The first-order valence-corrected chi connectivity index (χ1v) is 14.9. The van der Waals surface area contributed by atoms with Crippen LogP contribution in [0.4, 0.5) is 35.1 Å². The van der Waals surface area contributed by atoms with Crippen molar-refractivity contribution in [1.82, 2.24) is 4.57 Å². The highest BCUT2D eigenvalue weighted by Gasteiger charge is 2.23. The lowest BCUT2D eigenvalue weighted by Gasteiger charge is -2.12. The summed E-state index contributed by atoms with van der Waals surface area (Å²) in [6, 6.07) is 34.8. The highest BCUT2D eigenvalue weighted by molar-refractivity contribution is 6.09. The van der Waals surface area contributed by atoms with E-state index >= 15 is 0 Å². The van der Waals surface area contributed by atoms with Crippen LogP contribution in [0.1, 0.15) is 23.6 Å². The van der Waals surface area contributed by atoms with Gasteiger partial charge in [-0.2, -0.15) is 10.5 Å². The third-order valence-corrected chi connectivity index (χ3v) is 7.99. The summed E-state index contributed by atoms with van der Waals surface area (Å²) in [6.45, 7) is 0. The smallest absolute Gasteiger partial charge is 0.179 e. The van der Waals surface area contributed by atoms with Crippen molar-refractivity contribution in [2.24, 2.45) is 0 Å². The van der Waals surface area contributed by atoms with Crippen LogP contribution in [0.5, 0.6) is 0 Å².